The van der Waals surface area contributed by atoms with Gasteiger partial charge in [0, 0.05) is 10.2 Å². The molecule has 0 atom stereocenters. The first-order valence-corrected chi connectivity index (χ1v) is 7.27. The molecule has 20 heavy (non-hydrogen) atoms. The van der Waals surface area contributed by atoms with Crippen molar-refractivity contribution in [2.24, 2.45) is 0 Å². The number of esters is 1. The normalized spacial score (nSPS) is 10.4. The molecular formula is C14H19BrN2O3. The van der Waals surface area contributed by atoms with Gasteiger partial charge in [0.25, 0.3) is 0 Å². The van der Waals surface area contributed by atoms with Crippen LogP contribution < -0.4 is 5.32 Å². The van der Waals surface area contributed by atoms with Crippen LogP contribution in [0.2, 0.25) is 0 Å². The maximum atomic E-state index is 11.9. The average molecular weight is 343 g/mol. The van der Waals surface area contributed by atoms with Crippen LogP contribution in [0.3, 0.4) is 0 Å². The van der Waals surface area contributed by atoms with Gasteiger partial charge in [0.2, 0.25) is 5.91 Å². The van der Waals surface area contributed by atoms with Crippen LogP contribution >= 0.6 is 15.9 Å². The van der Waals surface area contributed by atoms with E-state index in [1.54, 1.807) is 11.8 Å². The number of hydrogen-bond donors (Lipinski definition) is 1. The summed E-state index contributed by atoms with van der Waals surface area (Å²) in [6.45, 7) is 4.88. The van der Waals surface area contributed by atoms with Crippen molar-refractivity contribution in [2.75, 3.05) is 31.6 Å². The van der Waals surface area contributed by atoms with Gasteiger partial charge in [-0.05, 0) is 31.7 Å². The third-order valence-corrected chi connectivity index (χ3v) is 3.07. The Morgan fingerprint density at radius 3 is 2.65 bits per heavy atom. The number of carbonyl (C=O) groups is 2. The van der Waals surface area contributed by atoms with Gasteiger partial charge in [0.05, 0.1) is 19.7 Å². The Hall–Kier alpha value is -1.40. The molecule has 0 spiro atoms. The Balaban J connectivity index is 2.48. The first-order valence-electron chi connectivity index (χ1n) is 6.48. The zero-order valence-electron chi connectivity index (χ0n) is 11.7. The minimum absolute atomic E-state index is 0.121. The van der Waals surface area contributed by atoms with E-state index in [1.807, 2.05) is 31.2 Å². The lowest BCUT2D eigenvalue weighted by atomic mass is 10.3. The predicted octanol–water partition coefficient (Wildman–Crippen LogP) is 2.27. The van der Waals surface area contributed by atoms with E-state index in [0.717, 1.165) is 10.2 Å². The van der Waals surface area contributed by atoms with Crippen molar-refractivity contribution < 1.29 is 14.3 Å². The van der Waals surface area contributed by atoms with E-state index < -0.39 is 0 Å². The fraction of sp³-hybridized carbons (Fsp3) is 0.429. The minimum atomic E-state index is -0.315. The molecule has 1 rings (SSSR count). The third kappa shape index (κ3) is 6.16. The fourth-order valence-corrected chi connectivity index (χ4v) is 2.04. The molecule has 1 amide bonds. The molecule has 0 aliphatic rings. The first-order chi connectivity index (χ1) is 9.55. The van der Waals surface area contributed by atoms with Crippen molar-refractivity contribution in [3.63, 3.8) is 0 Å². The predicted molar refractivity (Wildman–Crippen MR) is 81.5 cm³/mol. The van der Waals surface area contributed by atoms with Gasteiger partial charge in [-0.2, -0.15) is 0 Å². The van der Waals surface area contributed by atoms with Gasteiger partial charge in [0.15, 0.2) is 0 Å². The smallest absolute Gasteiger partial charge is 0.320 e. The van der Waals surface area contributed by atoms with E-state index in [1.165, 1.54) is 0 Å². The maximum Gasteiger partial charge on any atom is 0.320 e. The van der Waals surface area contributed by atoms with Crippen molar-refractivity contribution in [2.45, 2.75) is 13.8 Å². The molecule has 0 aliphatic carbocycles. The molecule has 0 fully saturated rings. The summed E-state index contributed by atoms with van der Waals surface area (Å²) in [5.74, 6) is -0.473. The number of ether oxygens (including phenoxy) is 1. The van der Waals surface area contributed by atoms with Gasteiger partial charge in [-0.25, -0.2) is 0 Å². The maximum absolute atomic E-state index is 11.9. The Morgan fingerprint density at radius 2 is 2.05 bits per heavy atom. The van der Waals surface area contributed by atoms with E-state index in [9.17, 15) is 9.59 Å². The number of anilines is 1. The van der Waals surface area contributed by atoms with Gasteiger partial charge in [0.1, 0.15) is 0 Å². The molecule has 0 bridgehead atoms. The van der Waals surface area contributed by atoms with Gasteiger partial charge in [-0.15, -0.1) is 0 Å². The quantitative estimate of drug-likeness (QED) is 0.772. The average Bonchev–Trinajstić information content (AvgIpc) is 2.38. The third-order valence-electron chi connectivity index (χ3n) is 2.58. The van der Waals surface area contributed by atoms with Crippen LogP contribution in [0, 0.1) is 0 Å². The molecule has 0 aromatic heterocycles. The van der Waals surface area contributed by atoms with Gasteiger partial charge in [-0.1, -0.05) is 28.9 Å². The van der Waals surface area contributed by atoms with Crippen LogP contribution in [0.25, 0.3) is 0 Å². The largest absolute Gasteiger partial charge is 0.465 e. The topological polar surface area (TPSA) is 58.6 Å². The number of benzene rings is 1. The molecule has 0 saturated carbocycles. The van der Waals surface area contributed by atoms with Crippen LogP contribution in [0.4, 0.5) is 5.69 Å². The summed E-state index contributed by atoms with van der Waals surface area (Å²) in [7, 11) is 0. The molecule has 1 aromatic rings. The molecule has 0 unspecified atom stereocenters. The molecule has 110 valence electrons. The highest BCUT2D eigenvalue weighted by Crippen LogP contribution is 2.15. The Morgan fingerprint density at radius 1 is 1.30 bits per heavy atom. The lowest BCUT2D eigenvalue weighted by molar-refractivity contribution is -0.144. The number of nitrogens with one attached hydrogen (secondary N) is 1. The second-order valence-electron chi connectivity index (χ2n) is 4.17. The van der Waals surface area contributed by atoms with Crippen LogP contribution in [0.15, 0.2) is 28.7 Å². The van der Waals surface area contributed by atoms with Crippen LogP contribution in [0.1, 0.15) is 13.8 Å². The SMILES string of the molecule is CCOC(=O)CN(CC)CC(=O)Nc1cccc(Br)c1. The molecule has 1 N–H and O–H groups in total. The van der Waals surface area contributed by atoms with E-state index in [2.05, 4.69) is 21.2 Å². The van der Waals surface area contributed by atoms with Crippen molar-refractivity contribution in [1.29, 1.82) is 0 Å². The standard InChI is InChI=1S/C14H19BrN2O3/c1-3-17(10-14(19)20-4-2)9-13(18)16-12-7-5-6-11(15)8-12/h5-8H,3-4,9-10H2,1-2H3,(H,16,18). The second kappa shape index (κ2) is 8.71. The summed E-state index contributed by atoms with van der Waals surface area (Å²) in [5.41, 5.74) is 0.719. The van der Waals surface area contributed by atoms with Gasteiger partial charge in [-0.3, -0.25) is 14.5 Å². The number of nitrogens with zero attached hydrogens (tertiary/aromatic N) is 1. The van der Waals surface area contributed by atoms with Gasteiger partial charge >= 0.3 is 5.97 Å². The summed E-state index contributed by atoms with van der Waals surface area (Å²) < 4.78 is 5.77. The van der Waals surface area contributed by atoms with Crippen molar-refractivity contribution in [3.8, 4) is 0 Å². The van der Waals surface area contributed by atoms with Crippen molar-refractivity contribution in [1.82, 2.24) is 4.90 Å². The number of likely N-dealkylation sites (N-methyl/N-ethyl adjacent to an activating group) is 1. The summed E-state index contributed by atoms with van der Waals surface area (Å²) >= 11 is 3.34. The Kier molecular flexibility index (Phi) is 7.25. The number of hydrogen-bond acceptors (Lipinski definition) is 4. The molecule has 5 nitrogen and oxygen atoms in total. The van der Waals surface area contributed by atoms with Crippen LogP contribution in [0.5, 0.6) is 0 Å². The molecule has 0 radical (unpaired) electrons. The molecular weight excluding hydrogens is 324 g/mol. The number of halogens is 1. The number of rotatable bonds is 7. The molecule has 0 aliphatic heterocycles. The monoisotopic (exact) mass is 342 g/mol. The van der Waals surface area contributed by atoms with E-state index in [-0.39, 0.29) is 25.0 Å². The zero-order chi connectivity index (χ0) is 15.0. The summed E-state index contributed by atoms with van der Waals surface area (Å²) in [4.78, 5) is 25.0. The molecule has 0 saturated heterocycles. The summed E-state index contributed by atoms with van der Waals surface area (Å²) in [6, 6.07) is 7.36. The minimum Gasteiger partial charge on any atom is -0.465 e. The highest BCUT2D eigenvalue weighted by molar-refractivity contribution is 9.10. The molecule has 0 heterocycles. The number of amides is 1. The highest BCUT2D eigenvalue weighted by Gasteiger charge is 2.13. The van der Waals surface area contributed by atoms with Crippen molar-refractivity contribution >= 4 is 33.5 Å². The molecule has 1 aromatic carbocycles. The van der Waals surface area contributed by atoms with E-state index >= 15 is 0 Å². The first kappa shape index (κ1) is 16.7. The zero-order valence-corrected chi connectivity index (χ0v) is 13.3. The van der Waals surface area contributed by atoms with Crippen molar-refractivity contribution in [3.05, 3.63) is 28.7 Å². The lowest BCUT2D eigenvalue weighted by Gasteiger charge is -2.18. The lowest BCUT2D eigenvalue weighted by Crippen LogP contribution is -2.37. The number of carbonyl (C=O) groups excluding carboxylic acids is 2. The highest BCUT2D eigenvalue weighted by atomic mass is 79.9. The Labute approximate surface area is 127 Å². The fourth-order valence-electron chi connectivity index (χ4n) is 1.64. The second-order valence-corrected chi connectivity index (χ2v) is 5.08. The summed E-state index contributed by atoms with van der Waals surface area (Å²) in [5, 5.41) is 2.79. The summed E-state index contributed by atoms with van der Waals surface area (Å²) in [6.07, 6.45) is 0. The van der Waals surface area contributed by atoms with Crippen LogP contribution in [-0.2, 0) is 14.3 Å². The van der Waals surface area contributed by atoms with E-state index in [0.29, 0.717) is 13.2 Å². The Bertz CT molecular complexity index is 465. The van der Waals surface area contributed by atoms with Crippen LogP contribution in [-0.4, -0.2) is 43.0 Å². The van der Waals surface area contributed by atoms with Gasteiger partial charge < -0.3 is 10.1 Å². The van der Waals surface area contributed by atoms with E-state index in [4.69, 9.17) is 4.74 Å². The molecule has 6 heteroatoms.